The number of aromatic nitrogens is 1. The Morgan fingerprint density at radius 2 is 2.00 bits per heavy atom. The predicted molar refractivity (Wildman–Crippen MR) is 63.3 cm³/mol. The quantitative estimate of drug-likeness (QED) is 0.736. The Balaban J connectivity index is 2.06. The van der Waals surface area contributed by atoms with Crippen molar-refractivity contribution in [2.45, 2.75) is 6.42 Å². The molecule has 1 aromatic carbocycles. The number of benzene rings is 1. The van der Waals surface area contributed by atoms with Gasteiger partial charge in [-0.25, -0.2) is 0 Å². The highest BCUT2D eigenvalue weighted by Crippen LogP contribution is 2.30. The van der Waals surface area contributed by atoms with E-state index in [0.29, 0.717) is 17.7 Å². The molecule has 0 radical (unpaired) electrons. The van der Waals surface area contributed by atoms with Crippen molar-refractivity contribution in [3.8, 4) is 5.75 Å². The van der Waals surface area contributed by atoms with Crippen molar-refractivity contribution in [3.05, 3.63) is 59.4 Å². The first kappa shape index (κ1) is 10.0. The van der Waals surface area contributed by atoms with Gasteiger partial charge in [0.25, 0.3) is 0 Å². The highest BCUT2D eigenvalue weighted by Gasteiger charge is 2.20. The predicted octanol–water partition coefficient (Wildman–Crippen LogP) is 2.25. The molecule has 3 heteroatoms. The largest absolute Gasteiger partial charge is 0.492 e. The average molecular weight is 225 g/mol. The number of nitrogens with zero attached hydrogens (tertiary/aromatic N) is 1. The van der Waals surface area contributed by atoms with E-state index < -0.39 is 0 Å². The van der Waals surface area contributed by atoms with Gasteiger partial charge in [0.1, 0.15) is 5.75 Å². The van der Waals surface area contributed by atoms with Gasteiger partial charge >= 0.3 is 0 Å². The summed E-state index contributed by atoms with van der Waals surface area (Å²) in [6, 6.07) is 9.16. The minimum Gasteiger partial charge on any atom is -0.492 e. The van der Waals surface area contributed by atoms with Gasteiger partial charge < -0.3 is 4.74 Å². The molecular weight excluding hydrogens is 214 g/mol. The number of hydrogen-bond acceptors (Lipinski definition) is 3. The molecule has 0 bridgehead atoms. The Morgan fingerprint density at radius 3 is 2.82 bits per heavy atom. The highest BCUT2D eigenvalue weighted by atomic mass is 16.5. The summed E-state index contributed by atoms with van der Waals surface area (Å²) in [4.78, 5) is 16.2. The lowest BCUT2D eigenvalue weighted by Crippen LogP contribution is -2.03. The monoisotopic (exact) mass is 225 g/mol. The number of hydrogen-bond donors (Lipinski definition) is 0. The van der Waals surface area contributed by atoms with Gasteiger partial charge in [0, 0.05) is 24.4 Å². The summed E-state index contributed by atoms with van der Waals surface area (Å²) in [6.45, 7) is 0.663. The van der Waals surface area contributed by atoms with Crippen molar-refractivity contribution in [2.75, 3.05) is 6.61 Å². The fourth-order valence-electron chi connectivity index (χ4n) is 2.05. The molecule has 0 amide bonds. The van der Waals surface area contributed by atoms with Crippen LogP contribution in [0.3, 0.4) is 0 Å². The summed E-state index contributed by atoms with van der Waals surface area (Å²) >= 11 is 0. The van der Waals surface area contributed by atoms with Crippen LogP contribution in [-0.4, -0.2) is 17.4 Å². The van der Waals surface area contributed by atoms with Crippen LogP contribution in [0.4, 0.5) is 0 Å². The van der Waals surface area contributed by atoms with E-state index in [1.807, 2.05) is 18.2 Å². The first-order chi connectivity index (χ1) is 8.36. The van der Waals surface area contributed by atoms with Crippen molar-refractivity contribution in [1.82, 2.24) is 4.98 Å². The zero-order chi connectivity index (χ0) is 11.7. The zero-order valence-corrected chi connectivity index (χ0v) is 9.22. The second-order valence-corrected chi connectivity index (χ2v) is 3.96. The third-order valence-corrected chi connectivity index (χ3v) is 2.90. The molecule has 0 saturated carbocycles. The number of para-hydroxylation sites is 1. The molecule has 1 aromatic heterocycles. The summed E-state index contributed by atoms with van der Waals surface area (Å²) in [5.74, 6) is 0.737. The van der Waals surface area contributed by atoms with E-state index in [1.54, 1.807) is 24.5 Å². The van der Waals surface area contributed by atoms with Crippen LogP contribution in [0.1, 0.15) is 21.5 Å². The zero-order valence-electron chi connectivity index (χ0n) is 9.22. The van der Waals surface area contributed by atoms with E-state index in [-0.39, 0.29) is 5.78 Å². The SMILES string of the molecule is O=C(c1ccncc1)c1cccc2c1OCC2. The molecule has 1 aliphatic rings. The van der Waals surface area contributed by atoms with Crippen molar-refractivity contribution in [2.24, 2.45) is 0 Å². The molecular formula is C14H11NO2. The molecule has 1 aliphatic heterocycles. The lowest BCUT2D eigenvalue weighted by Gasteiger charge is -2.06. The molecule has 2 heterocycles. The van der Waals surface area contributed by atoms with Crippen LogP contribution in [0.2, 0.25) is 0 Å². The Morgan fingerprint density at radius 1 is 1.18 bits per heavy atom. The maximum Gasteiger partial charge on any atom is 0.196 e. The summed E-state index contributed by atoms with van der Waals surface area (Å²) in [5, 5.41) is 0. The van der Waals surface area contributed by atoms with Crippen LogP contribution in [0.15, 0.2) is 42.7 Å². The lowest BCUT2D eigenvalue weighted by molar-refractivity contribution is 0.103. The summed E-state index contributed by atoms with van der Waals surface area (Å²) < 4.78 is 5.54. The van der Waals surface area contributed by atoms with Gasteiger partial charge in [0.05, 0.1) is 12.2 Å². The van der Waals surface area contributed by atoms with Gasteiger partial charge in [-0.2, -0.15) is 0 Å². The lowest BCUT2D eigenvalue weighted by atomic mass is 10.0. The number of carbonyl (C=O) groups is 1. The number of ether oxygens (including phenoxy) is 1. The average Bonchev–Trinajstić information content (AvgIpc) is 2.87. The van der Waals surface area contributed by atoms with Crippen LogP contribution in [0.5, 0.6) is 5.75 Å². The summed E-state index contributed by atoms with van der Waals surface area (Å²) in [5.41, 5.74) is 2.40. The Labute approximate surface area is 99.1 Å². The molecule has 2 aromatic rings. The van der Waals surface area contributed by atoms with Gasteiger partial charge in [-0.1, -0.05) is 12.1 Å². The van der Waals surface area contributed by atoms with E-state index in [9.17, 15) is 4.79 Å². The molecule has 3 nitrogen and oxygen atoms in total. The first-order valence-electron chi connectivity index (χ1n) is 5.55. The molecule has 17 heavy (non-hydrogen) atoms. The Bertz CT molecular complexity index is 564. The second-order valence-electron chi connectivity index (χ2n) is 3.96. The minimum atomic E-state index is -0.00819. The van der Waals surface area contributed by atoms with Crippen LogP contribution in [0, 0.1) is 0 Å². The Kier molecular flexibility index (Phi) is 2.37. The maximum atomic E-state index is 12.3. The third-order valence-electron chi connectivity index (χ3n) is 2.90. The van der Waals surface area contributed by atoms with Crippen LogP contribution >= 0.6 is 0 Å². The maximum absolute atomic E-state index is 12.3. The molecule has 0 N–H and O–H groups in total. The fourth-order valence-corrected chi connectivity index (χ4v) is 2.05. The topological polar surface area (TPSA) is 39.2 Å². The molecule has 0 aliphatic carbocycles. The van der Waals surface area contributed by atoms with Gasteiger partial charge in [-0.3, -0.25) is 9.78 Å². The number of fused-ring (bicyclic) bond motifs is 1. The summed E-state index contributed by atoms with van der Waals surface area (Å²) in [6.07, 6.45) is 4.13. The van der Waals surface area contributed by atoms with Gasteiger partial charge in [0.2, 0.25) is 0 Å². The normalized spacial score (nSPS) is 12.9. The molecule has 0 unspecified atom stereocenters. The minimum absolute atomic E-state index is 0.00819. The van der Waals surface area contributed by atoms with E-state index in [4.69, 9.17) is 4.74 Å². The van der Waals surface area contributed by atoms with E-state index in [1.165, 1.54) is 0 Å². The molecule has 0 atom stereocenters. The second kappa shape index (κ2) is 4.01. The molecule has 0 saturated heterocycles. The van der Waals surface area contributed by atoms with Crippen molar-refractivity contribution in [1.29, 1.82) is 0 Å². The molecule has 0 fully saturated rings. The number of rotatable bonds is 2. The van der Waals surface area contributed by atoms with Crippen LogP contribution in [-0.2, 0) is 6.42 Å². The molecule has 0 spiro atoms. The molecule has 3 rings (SSSR count). The van der Waals surface area contributed by atoms with E-state index in [0.717, 1.165) is 17.7 Å². The standard InChI is InChI=1S/C14H11NO2/c16-13(10-4-7-15-8-5-10)12-3-1-2-11-6-9-17-14(11)12/h1-5,7-8H,6,9H2. The number of pyridine rings is 1. The molecule has 84 valence electrons. The van der Waals surface area contributed by atoms with Gasteiger partial charge in [0.15, 0.2) is 5.78 Å². The van der Waals surface area contributed by atoms with E-state index >= 15 is 0 Å². The summed E-state index contributed by atoms with van der Waals surface area (Å²) in [7, 11) is 0. The van der Waals surface area contributed by atoms with Gasteiger partial charge in [-0.15, -0.1) is 0 Å². The smallest absolute Gasteiger partial charge is 0.196 e. The van der Waals surface area contributed by atoms with Crippen LogP contribution < -0.4 is 4.74 Å². The Hall–Kier alpha value is -2.16. The van der Waals surface area contributed by atoms with Crippen molar-refractivity contribution >= 4 is 5.78 Å². The van der Waals surface area contributed by atoms with Crippen molar-refractivity contribution in [3.63, 3.8) is 0 Å². The van der Waals surface area contributed by atoms with Crippen LogP contribution in [0.25, 0.3) is 0 Å². The van der Waals surface area contributed by atoms with Crippen molar-refractivity contribution < 1.29 is 9.53 Å². The number of carbonyl (C=O) groups excluding carboxylic acids is 1. The number of ketones is 1. The fraction of sp³-hybridized carbons (Fsp3) is 0.143. The van der Waals surface area contributed by atoms with E-state index in [2.05, 4.69) is 4.98 Å². The third kappa shape index (κ3) is 1.69. The first-order valence-corrected chi connectivity index (χ1v) is 5.55. The van der Waals surface area contributed by atoms with Gasteiger partial charge in [-0.05, 0) is 23.8 Å². The highest BCUT2D eigenvalue weighted by molar-refractivity contribution is 6.10.